The monoisotopic (exact) mass is 250 g/mol. The second-order valence-corrected chi connectivity index (χ2v) is 5.70. The van der Waals surface area contributed by atoms with E-state index in [1.807, 2.05) is 34.6 Å². The maximum atomic E-state index is 11.6. The highest BCUT2D eigenvalue weighted by molar-refractivity contribution is 5.85. The van der Waals surface area contributed by atoms with Crippen LogP contribution in [-0.4, -0.2) is 30.3 Å². The van der Waals surface area contributed by atoms with Gasteiger partial charge in [0.15, 0.2) is 0 Å². The predicted octanol–water partition coefficient (Wildman–Crippen LogP) is 1.93. The standard InChI is InChI=1S/C11H22N2O2.ClH/c1-10(2,3)15-9(14)13-11(4,5)8-6-12-7-8;/h8,12H,6-7H2,1-5H3,(H,13,14);1H. The fourth-order valence-corrected chi connectivity index (χ4v) is 1.47. The first kappa shape index (κ1) is 15.5. The summed E-state index contributed by atoms with van der Waals surface area (Å²) in [5.74, 6) is 0.491. The SMILES string of the molecule is CC(C)(C)OC(=O)NC(C)(C)C1CNC1.Cl. The number of alkyl carbamates (subject to hydrolysis) is 1. The van der Waals surface area contributed by atoms with Crippen molar-refractivity contribution in [2.24, 2.45) is 5.92 Å². The molecular weight excluding hydrogens is 228 g/mol. The van der Waals surface area contributed by atoms with Crippen molar-refractivity contribution >= 4 is 18.5 Å². The predicted molar refractivity (Wildman–Crippen MR) is 67.1 cm³/mol. The largest absolute Gasteiger partial charge is 0.444 e. The Labute approximate surface area is 104 Å². The molecule has 16 heavy (non-hydrogen) atoms. The van der Waals surface area contributed by atoms with Crippen LogP contribution in [0, 0.1) is 5.92 Å². The fraction of sp³-hybridized carbons (Fsp3) is 0.909. The summed E-state index contributed by atoms with van der Waals surface area (Å²) >= 11 is 0. The van der Waals surface area contributed by atoms with E-state index in [1.165, 1.54) is 0 Å². The number of rotatable bonds is 2. The second-order valence-electron chi connectivity index (χ2n) is 5.70. The average Bonchev–Trinajstić information content (AvgIpc) is 1.71. The van der Waals surface area contributed by atoms with Crippen LogP contribution in [0.3, 0.4) is 0 Å². The Bertz CT molecular complexity index is 245. The molecule has 0 aromatic carbocycles. The van der Waals surface area contributed by atoms with Gasteiger partial charge in [0.25, 0.3) is 0 Å². The molecule has 0 radical (unpaired) electrons. The van der Waals surface area contributed by atoms with Crippen LogP contribution in [0.4, 0.5) is 4.79 Å². The molecule has 0 aromatic rings. The molecule has 0 bridgehead atoms. The van der Waals surface area contributed by atoms with E-state index >= 15 is 0 Å². The zero-order valence-corrected chi connectivity index (χ0v) is 11.5. The Morgan fingerprint density at radius 2 is 1.75 bits per heavy atom. The third-order valence-electron chi connectivity index (χ3n) is 2.63. The van der Waals surface area contributed by atoms with Gasteiger partial charge >= 0.3 is 6.09 Å². The lowest BCUT2D eigenvalue weighted by atomic mass is 9.83. The topological polar surface area (TPSA) is 50.4 Å². The first-order chi connectivity index (χ1) is 6.71. The summed E-state index contributed by atoms with van der Waals surface area (Å²) < 4.78 is 5.22. The normalized spacial score (nSPS) is 17.1. The van der Waals surface area contributed by atoms with Gasteiger partial charge < -0.3 is 15.4 Å². The average molecular weight is 251 g/mol. The van der Waals surface area contributed by atoms with Crippen LogP contribution in [0.5, 0.6) is 0 Å². The number of halogens is 1. The summed E-state index contributed by atoms with van der Waals surface area (Å²) in [5, 5.41) is 6.11. The van der Waals surface area contributed by atoms with E-state index < -0.39 is 5.60 Å². The molecule has 1 heterocycles. The molecule has 4 nitrogen and oxygen atoms in total. The van der Waals surface area contributed by atoms with E-state index in [0.717, 1.165) is 13.1 Å². The van der Waals surface area contributed by atoms with E-state index in [9.17, 15) is 4.79 Å². The molecule has 0 aromatic heterocycles. The number of carbonyl (C=O) groups excluding carboxylic acids is 1. The Hall–Kier alpha value is -0.480. The van der Waals surface area contributed by atoms with Crippen molar-refractivity contribution < 1.29 is 9.53 Å². The zero-order valence-electron chi connectivity index (χ0n) is 10.7. The van der Waals surface area contributed by atoms with Gasteiger partial charge in [-0.3, -0.25) is 0 Å². The minimum Gasteiger partial charge on any atom is -0.444 e. The van der Waals surface area contributed by atoms with Gasteiger partial charge in [0.05, 0.1) is 0 Å². The van der Waals surface area contributed by atoms with Crippen LogP contribution in [0.25, 0.3) is 0 Å². The summed E-state index contributed by atoms with van der Waals surface area (Å²) in [4.78, 5) is 11.6. The number of hydrogen-bond acceptors (Lipinski definition) is 3. The molecule has 1 saturated heterocycles. The van der Waals surface area contributed by atoms with Gasteiger partial charge in [0, 0.05) is 24.5 Å². The van der Waals surface area contributed by atoms with Crippen LogP contribution in [0.15, 0.2) is 0 Å². The minimum atomic E-state index is -0.433. The molecule has 0 saturated carbocycles. The Morgan fingerprint density at radius 3 is 2.06 bits per heavy atom. The van der Waals surface area contributed by atoms with E-state index in [-0.39, 0.29) is 24.0 Å². The number of carbonyl (C=O) groups is 1. The maximum absolute atomic E-state index is 11.6. The van der Waals surface area contributed by atoms with Crippen LogP contribution in [-0.2, 0) is 4.74 Å². The van der Waals surface area contributed by atoms with Gasteiger partial charge in [-0.2, -0.15) is 0 Å². The molecule has 0 unspecified atom stereocenters. The third-order valence-corrected chi connectivity index (χ3v) is 2.63. The van der Waals surface area contributed by atoms with E-state index in [1.54, 1.807) is 0 Å². The summed E-state index contributed by atoms with van der Waals surface area (Å²) in [6, 6.07) is 0. The molecule has 1 aliphatic heterocycles. The van der Waals surface area contributed by atoms with Crippen molar-refractivity contribution in [1.82, 2.24) is 10.6 Å². The van der Waals surface area contributed by atoms with Crippen molar-refractivity contribution in [2.45, 2.75) is 45.8 Å². The Kier molecular flexibility index (Phi) is 5.08. The zero-order chi connectivity index (χ0) is 11.7. The molecule has 0 atom stereocenters. The van der Waals surface area contributed by atoms with Crippen molar-refractivity contribution in [1.29, 1.82) is 0 Å². The highest BCUT2D eigenvalue weighted by atomic mass is 35.5. The van der Waals surface area contributed by atoms with E-state index in [4.69, 9.17) is 4.74 Å². The Balaban J connectivity index is 0.00000225. The summed E-state index contributed by atoms with van der Waals surface area (Å²) in [7, 11) is 0. The lowest BCUT2D eigenvalue weighted by molar-refractivity contribution is 0.0410. The molecule has 1 rings (SSSR count). The lowest BCUT2D eigenvalue weighted by Crippen LogP contribution is -2.61. The van der Waals surface area contributed by atoms with Crippen LogP contribution in [0.1, 0.15) is 34.6 Å². The van der Waals surface area contributed by atoms with Gasteiger partial charge in [0.2, 0.25) is 0 Å². The number of amides is 1. The summed E-state index contributed by atoms with van der Waals surface area (Å²) in [5.41, 5.74) is -0.633. The molecule has 2 N–H and O–H groups in total. The highest BCUT2D eigenvalue weighted by Crippen LogP contribution is 2.21. The van der Waals surface area contributed by atoms with Crippen molar-refractivity contribution in [3.8, 4) is 0 Å². The highest BCUT2D eigenvalue weighted by Gasteiger charge is 2.36. The molecular formula is C11H23ClN2O2. The lowest BCUT2D eigenvalue weighted by Gasteiger charge is -2.41. The molecule has 96 valence electrons. The van der Waals surface area contributed by atoms with Crippen molar-refractivity contribution in [3.05, 3.63) is 0 Å². The van der Waals surface area contributed by atoms with Crippen LogP contribution in [0.2, 0.25) is 0 Å². The van der Waals surface area contributed by atoms with Gasteiger partial charge in [-0.1, -0.05) is 0 Å². The Morgan fingerprint density at radius 1 is 1.25 bits per heavy atom. The summed E-state index contributed by atoms with van der Waals surface area (Å²) in [6.45, 7) is 11.6. The smallest absolute Gasteiger partial charge is 0.408 e. The molecule has 0 aliphatic carbocycles. The van der Waals surface area contributed by atoms with Gasteiger partial charge in [0.1, 0.15) is 5.60 Å². The minimum absolute atomic E-state index is 0. The number of hydrogen-bond donors (Lipinski definition) is 2. The summed E-state index contributed by atoms with van der Waals surface area (Å²) in [6.07, 6.45) is -0.334. The molecule has 0 spiro atoms. The van der Waals surface area contributed by atoms with Gasteiger partial charge in [-0.15, -0.1) is 12.4 Å². The number of ether oxygens (including phenoxy) is 1. The van der Waals surface area contributed by atoms with Crippen molar-refractivity contribution in [2.75, 3.05) is 13.1 Å². The maximum Gasteiger partial charge on any atom is 0.408 e. The van der Waals surface area contributed by atoms with E-state index in [0.29, 0.717) is 5.92 Å². The third kappa shape index (κ3) is 4.58. The van der Waals surface area contributed by atoms with Crippen LogP contribution >= 0.6 is 12.4 Å². The molecule has 1 aliphatic rings. The molecule has 1 fully saturated rings. The van der Waals surface area contributed by atoms with Crippen LogP contribution < -0.4 is 10.6 Å². The number of nitrogens with one attached hydrogen (secondary N) is 2. The fourth-order valence-electron chi connectivity index (χ4n) is 1.47. The quantitative estimate of drug-likeness (QED) is 0.788. The molecule has 5 heteroatoms. The first-order valence-corrected chi connectivity index (χ1v) is 5.42. The van der Waals surface area contributed by atoms with E-state index in [2.05, 4.69) is 10.6 Å². The first-order valence-electron chi connectivity index (χ1n) is 5.42. The molecule has 1 amide bonds. The van der Waals surface area contributed by atoms with Gasteiger partial charge in [-0.25, -0.2) is 4.79 Å². The van der Waals surface area contributed by atoms with Gasteiger partial charge in [-0.05, 0) is 34.6 Å². The second kappa shape index (κ2) is 5.23. The van der Waals surface area contributed by atoms with Crippen molar-refractivity contribution in [3.63, 3.8) is 0 Å².